The number of anilines is 1. The van der Waals surface area contributed by atoms with Crippen LogP contribution in [0.3, 0.4) is 0 Å². The van der Waals surface area contributed by atoms with Crippen LogP contribution < -0.4 is 11.2 Å². The van der Waals surface area contributed by atoms with Gasteiger partial charge in [-0.1, -0.05) is 22.4 Å². The van der Waals surface area contributed by atoms with Gasteiger partial charge in [0.2, 0.25) is 5.95 Å². The van der Waals surface area contributed by atoms with E-state index in [2.05, 4.69) is 35.5 Å². The van der Waals surface area contributed by atoms with Crippen LogP contribution >= 0.6 is 0 Å². The van der Waals surface area contributed by atoms with Gasteiger partial charge in [0, 0.05) is 5.56 Å². The number of halogens is 2. The monoisotopic (exact) mass is 351 g/mol. The van der Waals surface area contributed by atoms with E-state index in [1.165, 1.54) is 28.9 Å². The number of aliphatic imine (C=N–C) groups is 1. The summed E-state index contributed by atoms with van der Waals surface area (Å²) >= 11 is 0. The highest BCUT2D eigenvalue weighted by molar-refractivity contribution is 5.98. The van der Waals surface area contributed by atoms with Crippen molar-refractivity contribution in [3.05, 3.63) is 41.2 Å². The largest absolute Gasteiger partial charge is 0.367 e. The van der Waals surface area contributed by atoms with Gasteiger partial charge in [-0.3, -0.25) is 10.7 Å². The minimum Gasteiger partial charge on any atom is -0.367 e. The van der Waals surface area contributed by atoms with E-state index in [4.69, 9.17) is 5.73 Å². The molecule has 130 valence electrons. The molecule has 0 aliphatic carbocycles. The van der Waals surface area contributed by atoms with Gasteiger partial charge < -0.3 is 5.73 Å². The Morgan fingerprint density at radius 1 is 1.40 bits per heavy atom. The molecule has 2 aromatic heterocycles. The molecule has 1 aromatic carbocycles. The fourth-order valence-electron chi connectivity index (χ4n) is 1.95. The fraction of sp³-hybridized carbons (Fsp3) is 0.167. The standard InChI is InChI=1S/C12H11F2N9O2/c13-10(14)6-2-1-3-7(4-6)16-11(18-24)9-8(19-25-20-9)5-23-12(15)17-21-22-23/h1-4,10,24H,5H2,(H,16,18)(H2,15,17,22). The Bertz CT molecular complexity index is 892. The van der Waals surface area contributed by atoms with Gasteiger partial charge in [-0.15, -0.1) is 0 Å². The maximum Gasteiger partial charge on any atom is 0.263 e. The summed E-state index contributed by atoms with van der Waals surface area (Å²) in [6, 6.07) is 5.34. The van der Waals surface area contributed by atoms with Gasteiger partial charge >= 0.3 is 0 Å². The summed E-state index contributed by atoms with van der Waals surface area (Å²) in [7, 11) is 0. The molecule has 0 unspecified atom stereocenters. The molecule has 3 rings (SSSR count). The topological polar surface area (TPSA) is 153 Å². The Hall–Kier alpha value is -3.48. The number of hydroxylamine groups is 1. The zero-order chi connectivity index (χ0) is 17.8. The lowest BCUT2D eigenvalue weighted by atomic mass is 10.2. The summed E-state index contributed by atoms with van der Waals surface area (Å²) < 4.78 is 31.4. The molecule has 13 heteroatoms. The molecule has 3 aromatic rings. The average Bonchev–Trinajstić information content (AvgIpc) is 3.23. The minimum atomic E-state index is -2.65. The number of aromatic nitrogens is 6. The lowest BCUT2D eigenvalue weighted by Gasteiger charge is -2.05. The number of hydrogen-bond acceptors (Lipinski definition) is 9. The highest BCUT2D eigenvalue weighted by Crippen LogP contribution is 2.23. The summed E-state index contributed by atoms with van der Waals surface area (Å²) in [4.78, 5) is 4.04. The number of hydrogen-bond donors (Lipinski definition) is 3. The lowest BCUT2D eigenvalue weighted by molar-refractivity contribution is 0.151. The molecule has 0 saturated carbocycles. The number of nitrogen functional groups attached to an aromatic ring is 1. The molecule has 11 nitrogen and oxygen atoms in total. The Morgan fingerprint density at radius 2 is 2.24 bits per heavy atom. The van der Waals surface area contributed by atoms with Gasteiger partial charge in [0.1, 0.15) is 5.69 Å². The van der Waals surface area contributed by atoms with Crippen LogP contribution in [-0.2, 0) is 6.54 Å². The van der Waals surface area contributed by atoms with Gasteiger partial charge in [-0.2, -0.15) is 0 Å². The molecule has 0 atom stereocenters. The number of benzene rings is 1. The summed E-state index contributed by atoms with van der Waals surface area (Å²) in [5, 5.41) is 27.2. The van der Waals surface area contributed by atoms with Crippen molar-refractivity contribution in [3.63, 3.8) is 0 Å². The molecule has 0 amide bonds. The fourth-order valence-corrected chi connectivity index (χ4v) is 1.95. The molecule has 0 bridgehead atoms. The molecule has 0 fully saturated rings. The highest BCUT2D eigenvalue weighted by Gasteiger charge is 2.18. The summed E-state index contributed by atoms with van der Waals surface area (Å²) in [6.45, 7) is -0.00452. The number of amidine groups is 1. The van der Waals surface area contributed by atoms with Crippen molar-refractivity contribution in [1.82, 2.24) is 36.0 Å². The van der Waals surface area contributed by atoms with E-state index in [1.54, 1.807) is 0 Å². The number of alkyl halides is 2. The molecular weight excluding hydrogens is 340 g/mol. The Balaban J connectivity index is 1.93. The first-order valence-corrected chi connectivity index (χ1v) is 6.79. The predicted molar refractivity (Wildman–Crippen MR) is 78.1 cm³/mol. The van der Waals surface area contributed by atoms with Crippen molar-refractivity contribution in [2.45, 2.75) is 13.0 Å². The van der Waals surface area contributed by atoms with E-state index in [9.17, 15) is 14.0 Å². The van der Waals surface area contributed by atoms with Gasteiger partial charge in [-0.25, -0.2) is 23.1 Å². The van der Waals surface area contributed by atoms with Gasteiger partial charge in [0.25, 0.3) is 6.43 Å². The van der Waals surface area contributed by atoms with Crippen molar-refractivity contribution < 1.29 is 18.6 Å². The maximum atomic E-state index is 12.8. The molecule has 4 N–H and O–H groups in total. The van der Waals surface area contributed by atoms with Crippen molar-refractivity contribution >= 4 is 17.5 Å². The third-order valence-corrected chi connectivity index (χ3v) is 3.11. The van der Waals surface area contributed by atoms with E-state index in [0.717, 1.165) is 0 Å². The molecule has 0 aliphatic rings. The zero-order valence-corrected chi connectivity index (χ0v) is 12.4. The molecule has 2 heterocycles. The van der Waals surface area contributed by atoms with E-state index in [-0.39, 0.29) is 41.0 Å². The third kappa shape index (κ3) is 3.55. The summed E-state index contributed by atoms with van der Waals surface area (Å²) in [5.74, 6) is -0.122. The van der Waals surface area contributed by atoms with Crippen LogP contribution in [0, 0.1) is 0 Å². The number of nitrogens with two attached hydrogens (primary N) is 1. The second-order valence-corrected chi connectivity index (χ2v) is 4.72. The summed E-state index contributed by atoms with van der Waals surface area (Å²) in [6.07, 6.45) is -2.65. The Morgan fingerprint density at radius 3 is 2.92 bits per heavy atom. The van der Waals surface area contributed by atoms with Crippen molar-refractivity contribution in [1.29, 1.82) is 0 Å². The van der Waals surface area contributed by atoms with Crippen LogP contribution in [-0.4, -0.2) is 41.6 Å². The van der Waals surface area contributed by atoms with E-state index in [0.29, 0.717) is 0 Å². The minimum absolute atomic E-state index is 0.00452. The van der Waals surface area contributed by atoms with Crippen molar-refractivity contribution in [2.75, 3.05) is 5.73 Å². The molecule has 0 saturated heterocycles. The van der Waals surface area contributed by atoms with E-state index < -0.39 is 6.43 Å². The number of nitrogens with one attached hydrogen (secondary N) is 1. The quantitative estimate of drug-likeness (QED) is 0.342. The van der Waals surface area contributed by atoms with Crippen LogP contribution in [0.25, 0.3) is 0 Å². The first-order valence-electron chi connectivity index (χ1n) is 6.79. The normalized spacial score (nSPS) is 11.9. The van der Waals surface area contributed by atoms with Crippen LogP contribution in [0.15, 0.2) is 33.9 Å². The maximum absolute atomic E-state index is 12.8. The highest BCUT2D eigenvalue weighted by atomic mass is 19.3. The van der Waals surface area contributed by atoms with Crippen LogP contribution in [0.4, 0.5) is 20.4 Å². The van der Waals surface area contributed by atoms with Crippen LogP contribution in [0.2, 0.25) is 0 Å². The summed E-state index contributed by atoms with van der Waals surface area (Å²) in [5.41, 5.74) is 7.63. The Kier molecular flexibility index (Phi) is 4.56. The first kappa shape index (κ1) is 16.4. The number of rotatable bonds is 5. The van der Waals surface area contributed by atoms with Gasteiger partial charge in [0.05, 0.1) is 12.2 Å². The van der Waals surface area contributed by atoms with Crippen LogP contribution in [0.1, 0.15) is 23.4 Å². The second-order valence-electron chi connectivity index (χ2n) is 4.72. The number of tetrazole rings is 1. The third-order valence-electron chi connectivity index (χ3n) is 3.11. The zero-order valence-electron chi connectivity index (χ0n) is 12.4. The average molecular weight is 351 g/mol. The Labute approximate surface area is 138 Å². The van der Waals surface area contributed by atoms with Crippen molar-refractivity contribution in [2.24, 2.45) is 4.99 Å². The van der Waals surface area contributed by atoms with Gasteiger partial charge in [-0.05, 0) is 27.7 Å². The molecule has 25 heavy (non-hydrogen) atoms. The smallest absolute Gasteiger partial charge is 0.263 e. The molecule has 0 radical (unpaired) electrons. The lowest BCUT2D eigenvalue weighted by Crippen LogP contribution is -2.23. The molecular formula is C12H11F2N9O2. The number of nitrogens with zero attached hydrogens (tertiary/aromatic N) is 7. The SMILES string of the molecule is Nc1nnnn1Cc1nonc1C(=Nc1cccc(C(F)F)c1)NO. The van der Waals surface area contributed by atoms with E-state index >= 15 is 0 Å². The predicted octanol–water partition coefficient (Wildman–Crippen LogP) is 0.681. The van der Waals surface area contributed by atoms with Gasteiger partial charge in [0.15, 0.2) is 11.5 Å². The second kappa shape index (κ2) is 6.96. The molecule has 0 aliphatic heterocycles. The van der Waals surface area contributed by atoms with Crippen molar-refractivity contribution in [3.8, 4) is 0 Å². The van der Waals surface area contributed by atoms with Crippen LogP contribution in [0.5, 0.6) is 0 Å². The first-order chi connectivity index (χ1) is 12.1. The van der Waals surface area contributed by atoms with E-state index in [1.807, 2.05) is 5.48 Å². The molecule has 0 spiro atoms.